The van der Waals surface area contributed by atoms with Gasteiger partial charge in [0, 0.05) is 19.2 Å². The summed E-state index contributed by atoms with van der Waals surface area (Å²) in [4.78, 5) is 15.4. The molecule has 92 valence electrons. The summed E-state index contributed by atoms with van der Waals surface area (Å²) in [5, 5.41) is 9.41. The number of fused-ring (bicyclic) bond motifs is 1. The van der Waals surface area contributed by atoms with E-state index >= 15 is 0 Å². The van der Waals surface area contributed by atoms with Crippen LogP contribution in [0.25, 0.3) is 0 Å². The van der Waals surface area contributed by atoms with Crippen LogP contribution in [0.1, 0.15) is 28.1 Å². The first-order chi connectivity index (χ1) is 8.78. The van der Waals surface area contributed by atoms with Crippen LogP contribution >= 0.6 is 0 Å². The van der Waals surface area contributed by atoms with Gasteiger partial charge < -0.3 is 15.2 Å². The van der Waals surface area contributed by atoms with Crippen LogP contribution < -0.4 is 10.6 Å². The molecule has 1 aliphatic heterocycles. The number of amides is 1. The molecule has 0 radical (unpaired) electrons. The highest BCUT2D eigenvalue weighted by Crippen LogP contribution is 2.32. The van der Waals surface area contributed by atoms with E-state index in [-0.39, 0.29) is 17.8 Å². The SMILES string of the molecule is CNC(=O)c1noc(C2Cc3ccccc3N2)n1. The maximum Gasteiger partial charge on any atom is 0.292 e. The van der Waals surface area contributed by atoms with Gasteiger partial charge in [-0.25, -0.2) is 0 Å². The van der Waals surface area contributed by atoms with Crippen molar-refractivity contribution in [1.29, 1.82) is 0 Å². The summed E-state index contributed by atoms with van der Waals surface area (Å²) in [6.45, 7) is 0. The molecule has 0 saturated heterocycles. The Labute approximate surface area is 103 Å². The Hall–Kier alpha value is -2.37. The fourth-order valence-corrected chi connectivity index (χ4v) is 2.03. The van der Waals surface area contributed by atoms with Crippen LogP contribution in [0.2, 0.25) is 0 Å². The van der Waals surface area contributed by atoms with Gasteiger partial charge in [0.1, 0.15) is 6.04 Å². The van der Waals surface area contributed by atoms with Crippen LogP contribution in [-0.2, 0) is 6.42 Å². The van der Waals surface area contributed by atoms with Crippen LogP contribution in [-0.4, -0.2) is 23.1 Å². The van der Waals surface area contributed by atoms with Crippen molar-refractivity contribution in [3.63, 3.8) is 0 Å². The number of hydrogen-bond acceptors (Lipinski definition) is 5. The molecule has 0 fully saturated rings. The van der Waals surface area contributed by atoms with Crippen LogP contribution in [0.5, 0.6) is 0 Å². The molecule has 0 aliphatic carbocycles. The standard InChI is InChI=1S/C12H12N4O2/c1-13-11(17)10-15-12(18-16-10)9-6-7-4-2-3-5-8(7)14-9/h2-5,9,14H,6H2,1H3,(H,13,17). The predicted octanol–water partition coefficient (Wildman–Crippen LogP) is 1.14. The number of anilines is 1. The summed E-state index contributed by atoms with van der Waals surface area (Å²) >= 11 is 0. The van der Waals surface area contributed by atoms with Gasteiger partial charge in [-0.3, -0.25) is 4.79 Å². The second kappa shape index (κ2) is 4.14. The van der Waals surface area contributed by atoms with Gasteiger partial charge >= 0.3 is 0 Å². The van der Waals surface area contributed by atoms with Gasteiger partial charge in [0.25, 0.3) is 11.7 Å². The molecule has 3 rings (SSSR count). The first kappa shape index (κ1) is 10.8. The number of carbonyl (C=O) groups excluding carboxylic acids is 1. The fraction of sp³-hybridized carbons (Fsp3) is 0.250. The van der Waals surface area contributed by atoms with Gasteiger partial charge in [0.2, 0.25) is 5.89 Å². The summed E-state index contributed by atoms with van der Waals surface area (Å²) in [7, 11) is 1.53. The number of nitrogens with one attached hydrogen (secondary N) is 2. The maximum absolute atomic E-state index is 11.3. The molecule has 0 spiro atoms. The Balaban J connectivity index is 1.82. The molecular weight excluding hydrogens is 232 g/mol. The Morgan fingerprint density at radius 3 is 3.11 bits per heavy atom. The van der Waals surface area contributed by atoms with E-state index in [1.54, 1.807) is 0 Å². The van der Waals surface area contributed by atoms with Gasteiger partial charge in [0.05, 0.1) is 0 Å². The minimum absolute atomic E-state index is 0.0604. The number of benzene rings is 1. The molecule has 1 unspecified atom stereocenters. The third-order valence-corrected chi connectivity index (χ3v) is 2.94. The first-order valence-corrected chi connectivity index (χ1v) is 5.68. The lowest BCUT2D eigenvalue weighted by Gasteiger charge is -2.04. The third kappa shape index (κ3) is 1.71. The number of hydrogen-bond donors (Lipinski definition) is 2. The molecule has 2 N–H and O–H groups in total. The molecule has 0 saturated carbocycles. The fourth-order valence-electron chi connectivity index (χ4n) is 2.03. The van der Waals surface area contributed by atoms with Gasteiger partial charge in [-0.1, -0.05) is 23.4 Å². The van der Waals surface area contributed by atoms with Crippen LogP contribution in [0, 0.1) is 0 Å². The van der Waals surface area contributed by atoms with E-state index in [9.17, 15) is 4.79 Å². The number of aromatic nitrogens is 2. The van der Waals surface area contributed by atoms with E-state index in [4.69, 9.17) is 4.52 Å². The van der Waals surface area contributed by atoms with Crippen LogP contribution in [0.15, 0.2) is 28.8 Å². The predicted molar refractivity (Wildman–Crippen MR) is 64.2 cm³/mol. The lowest BCUT2D eigenvalue weighted by atomic mass is 10.1. The van der Waals surface area contributed by atoms with Gasteiger partial charge in [-0.15, -0.1) is 0 Å². The largest absolute Gasteiger partial charge is 0.373 e. The van der Waals surface area contributed by atoms with Crippen molar-refractivity contribution in [2.75, 3.05) is 12.4 Å². The molecule has 0 bridgehead atoms. The van der Waals surface area contributed by atoms with Crippen molar-refractivity contribution in [3.05, 3.63) is 41.5 Å². The zero-order valence-electron chi connectivity index (χ0n) is 9.80. The lowest BCUT2D eigenvalue weighted by Crippen LogP contribution is -2.19. The van der Waals surface area contributed by atoms with E-state index in [0.717, 1.165) is 12.1 Å². The average Bonchev–Trinajstić information content (AvgIpc) is 3.03. The smallest absolute Gasteiger partial charge is 0.292 e. The Morgan fingerprint density at radius 2 is 2.33 bits per heavy atom. The van der Waals surface area contributed by atoms with Crippen LogP contribution in [0.4, 0.5) is 5.69 Å². The van der Waals surface area contributed by atoms with E-state index in [1.807, 2.05) is 18.2 Å². The molecule has 18 heavy (non-hydrogen) atoms. The minimum atomic E-state index is -0.347. The molecule has 1 amide bonds. The van der Waals surface area contributed by atoms with Gasteiger partial charge in [-0.2, -0.15) is 4.98 Å². The quantitative estimate of drug-likeness (QED) is 0.828. The number of carbonyl (C=O) groups is 1. The van der Waals surface area contributed by atoms with E-state index < -0.39 is 0 Å². The normalized spacial score (nSPS) is 17.1. The highest BCUT2D eigenvalue weighted by Gasteiger charge is 2.27. The second-order valence-corrected chi connectivity index (χ2v) is 4.09. The van der Waals surface area contributed by atoms with Crippen molar-refractivity contribution in [2.24, 2.45) is 0 Å². The van der Waals surface area contributed by atoms with Crippen molar-refractivity contribution in [2.45, 2.75) is 12.5 Å². The van der Waals surface area contributed by atoms with E-state index in [2.05, 4.69) is 26.8 Å². The maximum atomic E-state index is 11.3. The molecule has 1 aliphatic rings. The van der Waals surface area contributed by atoms with Gasteiger partial charge in [-0.05, 0) is 11.6 Å². The molecule has 6 nitrogen and oxygen atoms in total. The van der Waals surface area contributed by atoms with E-state index in [0.29, 0.717) is 5.89 Å². The van der Waals surface area contributed by atoms with Crippen molar-refractivity contribution < 1.29 is 9.32 Å². The summed E-state index contributed by atoms with van der Waals surface area (Å²) < 4.78 is 5.12. The number of nitrogens with zero attached hydrogens (tertiary/aromatic N) is 2. The molecule has 1 atom stereocenters. The average molecular weight is 244 g/mol. The second-order valence-electron chi connectivity index (χ2n) is 4.09. The summed E-state index contributed by atoms with van der Waals surface area (Å²) in [5.74, 6) is 0.149. The summed E-state index contributed by atoms with van der Waals surface area (Å²) in [6.07, 6.45) is 0.783. The number of rotatable bonds is 2. The zero-order valence-corrected chi connectivity index (χ0v) is 9.80. The molecule has 2 aromatic rings. The number of para-hydroxylation sites is 1. The molecule has 2 heterocycles. The Morgan fingerprint density at radius 1 is 1.50 bits per heavy atom. The van der Waals surface area contributed by atoms with Gasteiger partial charge in [0.15, 0.2) is 0 Å². The molecule has 1 aromatic carbocycles. The van der Waals surface area contributed by atoms with Crippen LogP contribution in [0.3, 0.4) is 0 Å². The summed E-state index contributed by atoms with van der Waals surface area (Å²) in [6, 6.07) is 7.96. The van der Waals surface area contributed by atoms with Crippen molar-refractivity contribution in [3.8, 4) is 0 Å². The highest BCUT2D eigenvalue weighted by molar-refractivity contribution is 5.89. The lowest BCUT2D eigenvalue weighted by molar-refractivity contribution is 0.0950. The van der Waals surface area contributed by atoms with Crippen molar-refractivity contribution >= 4 is 11.6 Å². The molecule has 1 aromatic heterocycles. The highest BCUT2D eigenvalue weighted by atomic mass is 16.5. The monoisotopic (exact) mass is 244 g/mol. The van der Waals surface area contributed by atoms with Crippen molar-refractivity contribution in [1.82, 2.24) is 15.5 Å². The molecular formula is C12H12N4O2. The summed E-state index contributed by atoms with van der Waals surface area (Å²) in [5.41, 5.74) is 2.28. The Bertz CT molecular complexity index is 568. The Kier molecular flexibility index (Phi) is 2.47. The zero-order chi connectivity index (χ0) is 12.5. The topological polar surface area (TPSA) is 80.0 Å². The molecule has 6 heteroatoms. The minimum Gasteiger partial charge on any atom is -0.373 e. The first-order valence-electron chi connectivity index (χ1n) is 5.68. The van der Waals surface area contributed by atoms with E-state index in [1.165, 1.54) is 12.6 Å². The third-order valence-electron chi connectivity index (χ3n) is 2.94.